The standard InChI is InChI=1S/C13H10BrClO2S/c1-8-2-3-9(15)6-11(8)17-7-10(16)12-4-5-13(14)18-12/h2-6H,7H2,1H3. The molecule has 0 aliphatic heterocycles. The lowest BCUT2D eigenvalue weighted by atomic mass is 10.2. The molecule has 5 heteroatoms. The van der Waals surface area contributed by atoms with Gasteiger partial charge in [-0.25, -0.2) is 0 Å². The minimum atomic E-state index is -0.0370. The number of benzene rings is 1. The number of halogens is 2. The van der Waals surface area contributed by atoms with E-state index in [1.807, 2.05) is 19.1 Å². The van der Waals surface area contributed by atoms with E-state index in [1.54, 1.807) is 18.2 Å². The predicted octanol–water partition coefficient (Wildman–Crippen LogP) is 4.73. The first-order valence-electron chi connectivity index (χ1n) is 5.24. The van der Waals surface area contributed by atoms with Gasteiger partial charge in [-0.15, -0.1) is 11.3 Å². The molecule has 1 aromatic heterocycles. The molecule has 0 bridgehead atoms. The van der Waals surface area contributed by atoms with Crippen LogP contribution < -0.4 is 4.74 Å². The lowest BCUT2D eigenvalue weighted by Crippen LogP contribution is -2.10. The summed E-state index contributed by atoms with van der Waals surface area (Å²) < 4.78 is 6.44. The molecule has 1 heterocycles. The molecule has 0 unspecified atom stereocenters. The van der Waals surface area contributed by atoms with Crippen molar-refractivity contribution in [2.75, 3.05) is 6.61 Å². The number of Topliss-reactive ketones (excluding diaryl/α,β-unsaturated/α-hetero) is 1. The first kappa shape index (κ1) is 13.6. The summed E-state index contributed by atoms with van der Waals surface area (Å²) >= 11 is 10.6. The van der Waals surface area contributed by atoms with Crippen LogP contribution in [0.15, 0.2) is 34.1 Å². The predicted molar refractivity (Wildman–Crippen MR) is 78.0 cm³/mol. The van der Waals surface area contributed by atoms with Gasteiger partial charge in [-0.2, -0.15) is 0 Å². The van der Waals surface area contributed by atoms with Crippen molar-refractivity contribution in [1.29, 1.82) is 0 Å². The van der Waals surface area contributed by atoms with Gasteiger partial charge >= 0.3 is 0 Å². The average molecular weight is 346 g/mol. The van der Waals surface area contributed by atoms with Gasteiger partial charge in [0.05, 0.1) is 8.66 Å². The van der Waals surface area contributed by atoms with Crippen LogP contribution in [0.1, 0.15) is 15.2 Å². The second kappa shape index (κ2) is 5.87. The monoisotopic (exact) mass is 344 g/mol. The third kappa shape index (κ3) is 3.34. The second-order valence-corrected chi connectivity index (χ2v) is 6.62. The first-order chi connectivity index (χ1) is 8.56. The van der Waals surface area contributed by atoms with E-state index in [1.165, 1.54) is 11.3 Å². The van der Waals surface area contributed by atoms with E-state index >= 15 is 0 Å². The van der Waals surface area contributed by atoms with E-state index in [2.05, 4.69) is 15.9 Å². The summed E-state index contributed by atoms with van der Waals surface area (Å²) in [6, 6.07) is 9.01. The molecule has 2 aromatic rings. The Morgan fingerprint density at radius 3 is 2.83 bits per heavy atom. The molecule has 0 aliphatic rings. The number of carbonyl (C=O) groups excluding carboxylic acids is 1. The van der Waals surface area contributed by atoms with Gasteiger partial charge in [0.15, 0.2) is 6.61 Å². The number of ketones is 1. The maximum Gasteiger partial charge on any atom is 0.210 e. The number of carbonyl (C=O) groups is 1. The molecular weight excluding hydrogens is 336 g/mol. The van der Waals surface area contributed by atoms with Crippen LogP contribution in [0.25, 0.3) is 0 Å². The highest BCUT2D eigenvalue weighted by Crippen LogP contribution is 2.24. The molecule has 0 N–H and O–H groups in total. The maximum absolute atomic E-state index is 11.9. The molecule has 0 saturated carbocycles. The summed E-state index contributed by atoms with van der Waals surface area (Å²) in [6.45, 7) is 1.94. The first-order valence-corrected chi connectivity index (χ1v) is 7.22. The molecule has 1 aromatic carbocycles. The Kier molecular flexibility index (Phi) is 4.43. The maximum atomic E-state index is 11.9. The largest absolute Gasteiger partial charge is 0.485 e. The highest BCUT2D eigenvalue weighted by atomic mass is 79.9. The lowest BCUT2D eigenvalue weighted by molar-refractivity contribution is 0.0925. The number of thiophene rings is 1. The summed E-state index contributed by atoms with van der Waals surface area (Å²) in [5.41, 5.74) is 0.958. The Morgan fingerprint density at radius 2 is 2.17 bits per heavy atom. The van der Waals surface area contributed by atoms with Crippen LogP contribution in [-0.4, -0.2) is 12.4 Å². The molecule has 94 valence electrons. The molecule has 0 amide bonds. The van der Waals surface area contributed by atoms with Crippen LogP contribution in [0.3, 0.4) is 0 Å². The SMILES string of the molecule is Cc1ccc(Cl)cc1OCC(=O)c1ccc(Br)s1. The Balaban J connectivity index is 2.03. The zero-order valence-corrected chi connectivity index (χ0v) is 12.7. The molecule has 0 saturated heterocycles. The van der Waals surface area contributed by atoms with Crippen molar-refractivity contribution >= 4 is 44.7 Å². The highest BCUT2D eigenvalue weighted by molar-refractivity contribution is 9.11. The fourth-order valence-corrected chi connectivity index (χ4v) is 2.88. The fraction of sp³-hybridized carbons (Fsp3) is 0.154. The van der Waals surface area contributed by atoms with E-state index in [9.17, 15) is 4.79 Å². The molecule has 0 radical (unpaired) electrons. The minimum absolute atomic E-state index is 0.0220. The van der Waals surface area contributed by atoms with E-state index in [0.29, 0.717) is 15.6 Å². The molecule has 2 rings (SSSR count). The van der Waals surface area contributed by atoms with Gasteiger partial charge in [0.25, 0.3) is 0 Å². The Hall–Kier alpha value is -0.840. The van der Waals surface area contributed by atoms with Crippen molar-refractivity contribution in [3.8, 4) is 5.75 Å². The van der Waals surface area contributed by atoms with E-state index in [4.69, 9.17) is 16.3 Å². The van der Waals surface area contributed by atoms with Crippen molar-refractivity contribution in [2.24, 2.45) is 0 Å². The van der Waals surface area contributed by atoms with Crippen LogP contribution >= 0.6 is 38.9 Å². The van der Waals surface area contributed by atoms with Crippen molar-refractivity contribution in [3.05, 3.63) is 49.6 Å². The Labute approximate surface area is 123 Å². The number of aryl methyl sites for hydroxylation is 1. The highest BCUT2D eigenvalue weighted by Gasteiger charge is 2.10. The number of hydrogen-bond acceptors (Lipinski definition) is 3. The van der Waals surface area contributed by atoms with E-state index in [-0.39, 0.29) is 12.4 Å². The van der Waals surface area contributed by atoms with Gasteiger partial charge in [-0.1, -0.05) is 17.7 Å². The Bertz CT molecular complexity index is 580. The van der Waals surface area contributed by atoms with Gasteiger partial charge in [-0.05, 0) is 52.7 Å². The molecule has 0 fully saturated rings. The average Bonchev–Trinajstić information content (AvgIpc) is 2.77. The van der Waals surface area contributed by atoms with Gasteiger partial charge in [0.2, 0.25) is 5.78 Å². The molecule has 0 atom stereocenters. The summed E-state index contributed by atoms with van der Waals surface area (Å²) in [6.07, 6.45) is 0. The van der Waals surface area contributed by atoms with Crippen molar-refractivity contribution in [3.63, 3.8) is 0 Å². The van der Waals surface area contributed by atoms with Crippen LogP contribution in [0.2, 0.25) is 5.02 Å². The Morgan fingerprint density at radius 1 is 1.39 bits per heavy atom. The van der Waals surface area contributed by atoms with Crippen LogP contribution in [-0.2, 0) is 0 Å². The number of hydrogen-bond donors (Lipinski definition) is 0. The summed E-state index contributed by atoms with van der Waals surface area (Å²) in [4.78, 5) is 12.5. The van der Waals surface area contributed by atoms with Crippen molar-refractivity contribution < 1.29 is 9.53 Å². The molecule has 0 spiro atoms. The number of ether oxygens (including phenoxy) is 1. The third-order valence-corrected chi connectivity index (χ3v) is 4.26. The van der Waals surface area contributed by atoms with E-state index < -0.39 is 0 Å². The van der Waals surface area contributed by atoms with Crippen LogP contribution in [0.5, 0.6) is 5.75 Å². The van der Waals surface area contributed by atoms with Crippen LogP contribution in [0.4, 0.5) is 0 Å². The van der Waals surface area contributed by atoms with Gasteiger partial charge in [0, 0.05) is 5.02 Å². The number of rotatable bonds is 4. The summed E-state index contributed by atoms with van der Waals surface area (Å²) in [7, 11) is 0. The summed E-state index contributed by atoms with van der Waals surface area (Å²) in [5.74, 6) is 0.608. The van der Waals surface area contributed by atoms with Gasteiger partial charge in [0.1, 0.15) is 5.75 Å². The van der Waals surface area contributed by atoms with Gasteiger partial charge < -0.3 is 4.74 Å². The summed E-state index contributed by atoms with van der Waals surface area (Å²) in [5, 5.41) is 0.599. The topological polar surface area (TPSA) is 26.3 Å². The van der Waals surface area contributed by atoms with Crippen molar-refractivity contribution in [1.82, 2.24) is 0 Å². The fourth-order valence-electron chi connectivity index (χ4n) is 1.41. The zero-order chi connectivity index (χ0) is 13.1. The molecule has 18 heavy (non-hydrogen) atoms. The quantitative estimate of drug-likeness (QED) is 0.749. The minimum Gasteiger partial charge on any atom is -0.485 e. The molecular formula is C13H10BrClO2S. The second-order valence-electron chi connectivity index (χ2n) is 3.73. The zero-order valence-electron chi connectivity index (χ0n) is 9.57. The third-order valence-electron chi connectivity index (χ3n) is 2.36. The normalized spacial score (nSPS) is 10.4. The smallest absolute Gasteiger partial charge is 0.210 e. The van der Waals surface area contributed by atoms with E-state index in [0.717, 1.165) is 9.35 Å². The van der Waals surface area contributed by atoms with Gasteiger partial charge in [-0.3, -0.25) is 4.79 Å². The van der Waals surface area contributed by atoms with Crippen molar-refractivity contribution in [2.45, 2.75) is 6.92 Å². The molecule has 2 nitrogen and oxygen atoms in total. The van der Waals surface area contributed by atoms with Crippen LogP contribution in [0, 0.1) is 6.92 Å². The lowest BCUT2D eigenvalue weighted by Gasteiger charge is -2.08. The molecule has 0 aliphatic carbocycles.